The highest BCUT2D eigenvalue weighted by Gasteiger charge is 2.09. The van der Waals surface area contributed by atoms with Gasteiger partial charge in [-0.15, -0.1) is 0 Å². The molecule has 0 amide bonds. The van der Waals surface area contributed by atoms with Crippen molar-refractivity contribution in [2.45, 2.75) is 25.8 Å². The first-order chi connectivity index (χ1) is 4.43. The molecule has 1 aliphatic heterocycles. The third-order valence-corrected chi connectivity index (χ3v) is 9.28. The highest BCUT2D eigenvalue weighted by atomic mass is 29.1. The van der Waals surface area contributed by atoms with Gasteiger partial charge in [-0.1, -0.05) is 13.0 Å². The monoisotopic (exact) mass is 159 g/mol. The van der Waals surface area contributed by atoms with Gasteiger partial charge in [0.1, 0.15) is 0 Å². The van der Waals surface area contributed by atoms with Crippen LogP contribution in [0, 0.1) is 0 Å². The van der Waals surface area contributed by atoms with E-state index < -0.39 is 0 Å². The van der Waals surface area contributed by atoms with Crippen LogP contribution in [0.4, 0.5) is 0 Å². The minimum atomic E-state index is 0.360. The van der Waals surface area contributed by atoms with Crippen LogP contribution in [0.2, 0.25) is 6.04 Å². The van der Waals surface area contributed by atoms with Crippen LogP contribution in [0.25, 0.3) is 0 Å². The molecule has 1 rings (SSSR count). The van der Waals surface area contributed by atoms with Gasteiger partial charge in [0.15, 0.2) is 0 Å². The van der Waals surface area contributed by atoms with E-state index in [-0.39, 0.29) is 0 Å². The Morgan fingerprint density at radius 3 is 2.56 bits per heavy atom. The molecule has 0 radical (unpaired) electrons. The highest BCUT2D eigenvalue weighted by molar-refractivity contribution is 6.99. The lowest BCUT2D eigenvalue weighted by atomic mass is 10.4. The number of nitrogens with zero attached hydrogens (tertiary/aromatic N) is 1. The lowest BCUT2D eigenvalue weighted by Gasteiger charge is -2.11. The van der Waals surface area contributed by atoms with E-state index in [2.05, 4.69) is 11.5 Å². The SMILES string of the molecule is CC[SiH2][SiH2]N1CCCC1. The summed E-state index contributed by atoms with van der Waals surface area (Å²) in [7, 11) is 0.817. The van der Waals surface area contributed by atoms with Crippen molar-refractivity contribution in [1.29, 1.82) is 0 Å². The van der Waals surface area contributed by atoms with Crippen LogP contribution >= 0.6 is 0 Å². The van der Waals surface area contributed by atoms with Gasteiger partial charge in [0.05, 0.1) is 9.20 Å². The Morgan fingerprint density at radius 2 is 2.00 bits per heavy atom. The van der Waals surface area contributed by atoms with Crippen molar-refractivity contribution in [2.75, 3.05) is 13.1 Å². The third-order valence-electron chi connectivity index (χ3n) is 2.03. The molecule has 0 atom stereocenters. The summed E-state index contributed by atoms with van der Waals surface area (Å²) in [4.78, 5) is 0. The molecule has 0 aliphatic carbocycles. The molecule has 1 saturated heterocycles. The van der Waals surface area contributed by atoms with E-state index in [1.165, 1.54) is 25.9 Å². The van der Waals surface area contributed by atoms with Crippen molar-refractivity contribution in [3.8, 4) is 0 Å². The van der Waals surface area contributed by atoms with Gasteiger partial charge in [0.2, 0.25) is 0 Å². The highest BCUT2D eigenvalue weighted by Crippen LogP contribution is 2.04. The fourth-order valence-electron chi connectivity index (χ4n) is 1.39. The van der Waals surface area contributed by atoms with Crippen LogP contribution in [0.15, 0.2) is 0 Å². The van der Waals surface area contributed by atoms with Crippen LogP contribution in [-0.4, -0.2) is 35.9 Å². The molecular weight excluding hydrogens is 142 g/mol. The Morgan fingerprint density at radius 1 is 1.33 bits per heavy atom. The summed E-state index contributed by atoms with van der Waals surface area (Å²) >= 11 is 0. The Balaban J connectivity index is 1.98. The van der Waals surface area contributed by atoms with Gasteiger partial charge < -0.3 is 4.57 Å². The molecule has 54 valence electrons. The van der Waals surface area contributed by atoms with Gasteiger partial charge in [-0.3, -0.25) is 0 Å². The van der Waals surface area contributed by atoms with Gasteiger partial charge >= 0.3 is 0 Å². The molecular formula is C6H17NSi2. The summed E-state index contributed by atoms with van der Waals surface area (Å²) in [5, 5.41) is 0. The van der Waals surface area contributed by atoms with Crippen molar-refractivity contribution >= 4 is 18.2 Å². The van der Waals surface area contributed by atoms with Crippen molar-refractivity contribution < 1.29 is 0 Å². The van der Waals surface area contributed by atoms with Crippen LogP contribution in [0.5, 0.6) is 0 Å². The van der Waals surface area contributed by atoms with E-state index in [0.717, 1.165) is 0 Å². The van der Waals surface area contributed by atoms with Gasteiger partial charge in [-0.05, 0) is 25.9 Å². The Bertz CT molecular complexity index is 71.5. The topological polar surface area (TPSA) is 3.24 Å². The predicted octanol–water partition coefficient (Wildman–Crippen LogP) is -0.312. The first-order valence-electron chi connectivity index (χ1n) is 4.16. The van der Waals surface area contributed by atoms with Gasteiger partial charge in [0.25, 0.3) is 0 Å². The van der Waals surface area contributed by atoms with E-state index in [1.54, 1.807) is 6.04 Å². The van der Waals surface area contributed by atoms with Crippen LogP contribution in [0.3, 0.4) is 0 Å². The van der Waals surface area contributed by atoms with Crippen molar-refractivity contribution in [3.05, 3.63) is 0 Å². The molecule has 0 unspecified atom stereocenters. The molecule has 0 bridgehead atoms. The minimum Gasteiger partial charge on any atom is -0.332 e. The zero-order chi connectivity index (χ0) is 6.53. The van der Waals surface area contributed by atoms with Gasteiger partial charge in [-0.2, -0.15) is 0 Å². The molecule has 1 heterocycles. The molecule has 1 nitrogen and oxygen atoms in total. The van der Waals surface area contributed by atoms with E-state index in [0.29, 0.717) is 18.2 Å². The second-order valence-electron chi connectivity index (χ2n) is 2.90. The molecule has 0 saturated carbocycles. The molecule has 1 aliphatic rings. The molecule has 0 N–H and O–H groups in total. The summed E-state index contributed by atoms with van der Waals surface area (Å²) < 4.78 is 2.77. The van der Waals surface area contributed by atoms with E-state index in [1.807, 2.05) is 0 Å². The first kappa shape index (κ1) is 7.50. The second-order valence-corrected chi connectivity index (χ2v) is 9.41. The minimum absolute atomic E-state index is 0.360. The van der Waals surface area contributed by atoms with E-state index in [9.17, 15) is 0 Å². The maximum absolute atomic E-state index is 2.77. The standard InChI is InChI=1S/C6H17NSi2/c1-2-8-9-7-5-3-4-6-7/h2-6,8-9H2,1H3. The Labute approximate surface area is 62.3 Å². The van der Waals surface area contributed by atoms with E-state index >= 15 is 0 Å². The summed E-state index contributed by atoms with van der Waals surface area (Å²) in [6.07, 6.45) is 2.98. The molecule has 0 aromatic carbocycles. The lowest BCUT2D eigenvalue weighted by molar-refractivity contribution is 0.560. The molecule has 3 heteroatoms. The molecule has 0 aromatic heterocycles. The van der Waals surface area contributed by atoms with Gasteiger partial charge in [-0.25, -0.2) is 0 Å². The maximum atomic E-state index is 2.77. The van der Waals surface area contributed by atoms with Crippen molar-refractivity contribution in [2.24, 2.45) is 0 Å². The molecule has 0 spiro atoms. The maximum Gasteiger partial charge on any atom is 0.0794 e. The summed E-state index contributed by atoms with van der Waals surface area (Å²) in [6.45, 7) is 5.27. The molecule has 0 aromatic rings. The van der Waals surface area contributed by atoms with Gasteiger partial charge in [0, 0.05) is 9.04 Å². The summed E-state index contributed by atoms with van der Waals surface area (Å²) in [5.41, 5.74) is 0. The van der Waals surface area contributed by atoms with Crippen LogP contribution in [-0.2, 0) is 0 Å². The first-order valence-corrected chi connectivity index (χ1v) is 9.79. The summed E-state index contributed by atoms with van der Waals surface area (Å²) in [6, 6.07) is 1.54. The lowest BCUT2D eigenvalue weighted by Crippen LogP contribution is -2.28. The fourth-order valence-corrected chi connectivity index (χ4v) is 6.68. The average Bonchev–Trinajstić information content (AvgIpc) is 2.34. The molecule has 9 heavy (non-hydrogen) atoms. The summed E-state index contributed by atoms with van der Waals surface area (Å²) in [5.74, 6) is 0. The normalized spacial score (nSPS) is 23.7. The van der Waals surface area contributed by atoms with Crippen LogP contribution in [0.1, 0.15) is 19.8 Å². The second kappa shape index (κ2) is 4.25. The number of hydrogen-bond acceptors (Lipinski definition) is 1. The predicted molar refractivity (Wildman–Crippen MR) is 48.4 cm³/mol. The number of rotatable bonds is 3. The molecule has 1 fully saturated rings. The van der Waals surface area contributed by atoms with Crippen molar-refractivity contribution in [1.82, 2.24) is 4.57 Å². The largest absolute Gasteiger partial charge is 0.332 e. The Kier molecular flexibility index (Phi) is 3.54. The zero-order valence-electron chi connectivity index (χ0n) is 6.40. The zero-order valence-corrected chi connectivity index (χ0v) is 9.23. The third kappa shape index (κ3) is 2.64. The van der Waals surface area contributed by atoms with Crippen LogP contribution < -0.4 is 0 Å². The average molecular weight is 159 g/mol. The fraction of sp³-hybridized carbons (Fsp3) is 1.00. The quantitative estimate of drug-likeness (QED) is 0.511. The number of hydrogen-bond donors (Lipinski definition) is 0. The van der Waals surface area contributed by atoms with E-state index in [4.69, 9.17) is 0 Å². The Hall–Kier alpha value is 0.394. The van der Waals surface area contributed by atoms with Crippen molar-refractivity contribution in [3.63, 3.8) is 0 Å². The smallest absolute Gasteiger partial charge is 0.0794 e.